The van der Waals surface area contributed by atoms with Crippen LogP contribution in [-0.2, 0) is 0 Å². The van der Waals surface area contributed by atoms with Gasteiger partial charge in [0.15, 0.2) is 11.5 Å². The van der Waals surface area contributed by atoms with Gasteiger partial charge in [0.1, 0.15) is 0 Å². The minimum Gasteiger partial charge on any atom is -0.395 e. The number of hydrogen-bond acceptors (Lipinski definition) is 3. The van der Waals surface area contributed by atoms with Gasteiger partial charge >= 0.3 is 6.29 Å². The second-order valence-electron chi connectivity index (χ2n) is 4.72. The van der Waals surface area contributed by atoms with Gasteiger partial charge in [0, 0.05) is 16.2 Å². The van der Waals surface area contributed by atoms with Crippen LogP contribution in [0.3, 0.4) is 0 Å². The van der Waals surface area contributed by atoms with E-state index in [0.29, 0.717) is 15.7 Å². The summed E-state index contributed by atoms with van der Waals surface area (Å²) in [7, 11) is 0. The van der Waals surface area contributed by atoms with E-state index in [4.69, 9.17) is 0 Å². The fraction of sp³-hybridized carbons (Fsp3) is 0.133. The predicted molar refractivity (Wildman–Crippen MR) is 79.5 cm³/mol. The van der Waals surface area contributed by atoms with E-state index in [9.17, 15) is 13.6 Å². The molecule has 0 bridgehead atoms. The Morgan fingerprint density at radius 3 is 2.68 bits per heavy atom. The lowest BCUT2D eigenvalue weighted by Gasteiger charge is -2.09. The Hall–Kier alpha value is -2.15. The molecule has 3 rings (SSSR count). The monoisotopic (exact) mass is 369 g/mol. The lowest BCUT2D eigenvalue weighted by atomic mass is 10.1. The van der Waals surface area contributed by atoms with Crippen LogP contribution in [0.5, 0.6) is 11.5 Å². The van der Waals surface area contributed by atoms with Crippen LogP contribution in [0.2, 0.25) is 0 Å². The third-order valence-electron chi connectivity index (χ3n) is 3.10. The van der Waals surface area contributed by atoms with Crippen molar-refractivity contribution < 1.29 is 23.0 Å². The van der Waals surface area contributed by atoms with E-state index in [1.807, 2.05) is 13.0 Å². The molecule has 1 aliphatic heterocycles. The highest BCUT2D eigenvalue weighted by Gasteiger charge is 2.43. The molecule has 1 heterocycles. The molecule has 0 aromatic heterocycles. The molecule has 0 unspecified atom stereocenters. The number of carbonyl (C=O) groups excluding carboxylic acids is 1. The maximum atomic E-state index is 13.0. The first kappa shape index (κ1) is 14.8. The second kappa shape index (κ2) is 5.24. The third kappa shape index (κ3) is 2.76. The van der Waals surface area contributed by atoms with Gasteiger partial charge in [-0.15, -0.1) is 8.78 Å². The Kier molecular flexibility index (Phi) is 3.52. The molecule has 22 heavy (non-hydrogen) atoms. The predicted octanol–water partition coefficient (Wildman–Crippen LogP) is 4.33. The summed E-state index contributed by atoms with van der Waals surface area (Å²) in [5.41, 5.74) is 1.69. The molecule has 0 saturated carbocycles. The number of alkyl halides is 2. The van der Waals surface area contributed by atoms with Crippen molar-refractivity contribution in [3.05, 3.63) is 52.0 Å². The number of ether oxygens (including phenoxy) is 2. The van der Waals surface area contributed by atoms with Crippen molar-refractivity contribution in [3.63, 3.8) is 0 Å². The Morgan fingerprint density at radius 1 is 1.18 bits per heavy atom. The molecule has 0 saturated heterocycles. The molecule has 7 heteroatoms. The Morgan fingerprint density at radius 2 is 1.91 bits per heavy atom. The average Bonchev–Trinajstić information content (AvgIpc) is 2.75. The number of aryl methyl sites for hydroxylation is 1. The zero-order chi connectivity index (χ0) is 15.9. The lowest BCUT2D eigenvalue weighted by molar-refractivity contribution is -0.286. The van der Waals surface area contributed by atoms with E-state index < -0.39 is 6.29 Å². The summed E-state index contributed by atoms with van der Waals surface area (Å²) in [5, 5.41) is 2.63. The van der Waals surface area contributed by atoms with Crippen molar-refractivity contribution in [2.75, 3.05) is 5.32 Å². The molecular formula is C15H10BrF2NO3. The number of fused-ring (bicyclic) bond motifs is 1. The SMILES string of the molecule is Cc1cccc(C(=O)Nc2ccc3c(c2)OC(F)(F)O3)c1Br. The van der Waals surface area contributed by atoms with Crippen LogP contribution in [0.1, 0.15) is 15.9 Å². The zero-order valence-corrected chi connectivity index (χ0v) is 12.9. The maximum absolute atomic E-state index is 13.0. The van der Waals surface area contributed by atoms with Crippen molar-refractivity contribution in [2.24, 2.45) is 0 Å². The lowest BCUT2D eigenvalue weighted by Crippen LogP contribution is -2.25. The van der Waals surface area contributed by atoms with Crippen molar-refractivity contribution in [1.82, 2.24) is 0 Å². The first-order valence-electron chi connectivity index (χ1n) is 6.32. The summed E-state index contributed by atoms with van der Waals surface area (Å²) in [6.45, 7) is 1.86. The van der Waals surface area contributed by atoms with Gasteiger partial charge in [0.25, 0.3) is 5.91 Å². The van der Waals surface area contributed by atoms with Crippen molar-refractivity contribution in [2.45, 2.75) is 13.2 Å². The van der Waals surface area contributed by atoms with E-state index >= 15 is 0 Å². The average molecular weight is 370 g/mol. The maximum Gasteiger partial charge on any atom is 0.586 e. The van der Waals surface area contributed by atoms with Crippen LogP contribution in [0.15, 0.2) is 40.9 Å². The van der Waals surface area contributed by atoms with Gasteiger partial charge in [0.05, 0.1) is 5.56 Å². The number of amides is 1. The molecule has 1 aliphatic rings. The second-order valence-corrected chi connectivity index (χ2v) is 5.51. The quantitative estimate of drug-likeness (QED) is 0.856. The Labute approximate surface area is 133 Å². The normalized spacial score (nSPS) is 14.7. The molecule has 1 N–H and O–H groups in total. The fourth-order valence-electron chi connectivity index (χ4n) is 2.05. The van der Waals surface area contributed by atoms with Crippen LogP contribution < -0.4 is 14.8 Å². The number of anilines is 1. The number of nitrogens with one attached hydrogen (secondary N) is 1. The number of rotatable bonds is 2. The molecule has 0 spiro atoms. The zero-order valence-electron chi connectivity index (χ0n) is 11.3. The third-order valence-corrected chi connectivity index (χ3v) is 4.15. The van der Waals surface area contributed by atoms with E-state index in [2.05, 4.69) is 30.7 Å². The fourth-order valence-corrected chi connectivity index (χ4v) is 2.49. The minimum atomic E-state index is -3.68. The van der Waals surface area contributed by atoms with Crippen molar-refractivity contribution >= 4 is 27.5 Å². The summed E-state index contributed by atoms with van der Waals surface area (Å²) in [5.74, 6) is -0.549. The summed E-state index contributed by atoms with van der Waals surface area (Å²) in [6, 6.07) is 9.35. The van der Waals surface area contributed by atoms with Crippen molar-refractivity contribution in [3.8, 4) is 11.5 Å². The van der Waals surface area contributed by atoms with Gasteiger partial charge < -0.3 is 14.8 Å². The molecule has 0 fully saturated rings. The highest BCUT2D eigenvalue weighted by Crippen LogP contribution is 2.42. The molecule has 0 radical (unpaired) electrons. The summed E-state index contributed by atoms with van der Waals surface area (Å²) >= 11 is 3.35. The van der Waals surface area contributed by atoms with Gasteiger partial charge in [-0.2, -0.15) is 0 Å². The van der Waals surface area contributed by atoms with Gasteiger partial charge in [-0.25, -0.2) is 0 Å². The first-order chi connectivity index (χ1) is 10.4. The van der Waals surface area contributed by atoms with E-state index in [0.717, 1.165) is 5.56 Å². The number of halogens is 3. The highest BCUT2D eigenvalue weighted by molar-refractivity contribution is 9.10. The van der Waals surface area contributed by atoms with E-state index in [1.54, 1.807) is 12.1 Å². The smallest absolute Gasteiger partial charge is 0.395 e. The Bertz CT molecular complexity index is 764. The van der Waals surface area contributed by atoms with Crippen LogP contribution in [0.4, 0.5) is 14.5 Å². The number of hydrogen-bond donors (Lipinski definition) is 1. The molecule has 2 aromatic rings. The largest absolute Gasteiger partial charge is 0.586 e. The van der Waals surface area contributed by atoms with Crippen LogP contribution in [0, 0.1) is 6.92 Å². The molecule has 0 aliphatic carbocycles. The van der Waals surface area contributed by atoms with Gasteiger partial charge in [-0.1, -0.05) is 12.1 Å². The standard InChI is InChI=1S/C15H10BrF2NO3/c1-8-3-2-4-10(13(8)16)14(20)19-9-5-6-11-12(7-9)22-15(17,18)21-11/h2-7H,1H3,(H,19,20). The van der Waals surface area contributed by atoms with Gasteiger partial charge in [0.2, 0.25) is 0 Å². The highest BCUT2D eigenvalue weighted by atomic mass is 79.9. The van der Waals surface area contributed by atoms with Crippen LogP contribution >= 0.6 is 15.9 Å². The molecule has 0 atom stereocenters. The first-order valence-corrected chi connectivity index (χ1v) is 7.11. The molecule has 4 nitrogen and oxygen atoms in total. The summed E-state index contributed by atoms with van der Waals surface area (Å²) in [6.07, 6.45) is -3.68. The van der Waals surface area contributed by atoms with Gasteiger partial charge in [-0.3, -0.25) is 4.79 Å². The molecular weight excluding hydrogens is 360 g/mol. The summed E-state index contributed by atoms with van der Waals surface area (Å²) < 4.78 is 35.2. The topological polar surface area (TPSA) is 47.6 Å². The minimum absolute atomic E-state index is 0.0697. The van der Waals surface area contributed by atoms with Crippen LogP contribution in [-0.4, -0.2) is 12.2 Å². The number of benzene rings is 2. The van der Waals surface area contributed by atoms with E-state index in [-0.39, 0.29) is 17.4 Å². The molecule has 2 aromatic carbocycles. The Balaban J connectivity index is 1.83. The van der Waals surface area contributed by atoms with Crippen LogP contribution in [0.25, 0.3) is 0 Å². The number of carbonyl (C=O) groups is 1. The molecule has 1 amide bonds. The summed E-state index contributed by atoms with van der Waals surface area (Å²) in [4.78, 5) is 12.3. The van der Waals surface area contributed by atoms with E-state index in [1.165, 1.54) is 18.2 Å². The van der Waals surface area contributed by atoms with Crippen molar-refractivity contribution in [1.29, 1.82) is 0 Å². The molecule has 114 valence electrons. The van der Waals surface area contributed by atoms with Gasteiger partial charge in [-0.05, 0) is 46.6 Å².